The van der Waals surface area contributed by atoms with Crippen molar-refractivity contribution in [2.75, 3.05) is 0 Å². The zero-order valence-electron chi connectivity index (χ0n) is 16.1. The van der Waals surface area contributed by atoms with Gasteiger partial charge in [0.25, 0.3) is 0 Å². The molecule has 0 saturated heterocycles. The fourth-order valence-electron chi connectivity index (χ4n) is 2.40. The molecule has 1 amide bonds. The molecule has 0 aromatic heterocycles. The standard InChI is InChI=1S/C21H25NO6/c1-21(2,3)28-20(26)22-16(11-15-9-10-17(23)18(24)12-15)19(25)27-13-14-7-5-4-6-8-14/h4-10,12,16,23-24H,11,13H2,1-3H3,(H,22,26). The molecule has 1 atom stereocenters. The highest BCUT2D eigenvalue weighted by atomic mass is 16.6. The van der Waals surface area contributed by atoms with Crippen molar-refractivity contribution in [2.45, 2.75) is 45.4 Å². The first kappa shape index (κ1) is 21.1. The molecule has 7 heteroatoms. The molecular weight excluding hydrogens is 362 g/mol. The molecule has 2 aromatic rings. The molecule has 0 saturated carbocycles. The zero-order valence-corrected chi connectivity index (χ0v) is 16.1. The van der Waals surface area contributed by atoms with Gasteiger partial charge in [-0.25, -0.2) is 9.59 Å². The SMILES string of the molecule is CC(C)(C)OC(=O)NC(Cc1ccc(O)c(O)c1)C(=O)OCc1ccccc1. The van der Waals surface area contributed by atoms with Gasteiger partial charge in [-0.2, -0.15) is 0 Å². The summed E-state index contributed by atoms with van der Waals surface area (Å²) in [4.78, 5) is 24.7. The summed E-state index contributed by atoms with van der Waals surface area (Å²) in [6.45, 7) is 5.21. The molecule has 2 rings (SSSR count). The van der Waals surface area contributed by atoms with Crippen LogP contribution in [0.3, 0.4) is 0 Å². The van der Waals surface area contributed by atoms with Crippen molar-refractivity contribution in [3.05, 3.63) is 59.7 Å². The van der Waals surface area contributed by atoms with Crippen LogP contribution in [0.15, 0.2) is 48.5 Å². The van der Waals surface area contributed by atoms with E-state index in [4.69, 9.17) is 9.47 Å². The minimum atomic E-state index is -1.03. The smallest absolute Gasteiger partial charge is 0.408 e. The number of carbonyl (C=O) groups excluding carboxylic acids is 2. The Bertz CT molecular complexity index is 813. The van der Waals surface area contributed by atoms with E-state index in [-0.39, 0.29) is 24.5 Å². The molecule has 0 spiro atoms. The Morgan fingerprint density at radius 3 is 2.29 bits per heavy atom. The average molecular weight is 387 g/mol. The lowest BCUT2D eigenvalue weighted by Crippen LogP contribution is -2.45. The van der Waals surface area contributed by atoms with E-state index >= 15 is 0 Å². The van der Waals surface area contributed by atoms with Gasteiger partial charge in [-0.1, -0.05) is 36.4 Å². The largest absolute Gasteiger partial charge is 0.504 e. The van der Waals surface area contributed by atoms with Crippen LogP contribution in [-0.4, -0.2) is 33.9 Å². The Labute approximate surface area is 163 Å². The highest BCUT2D eigenvalue weighted by molar-refractivity contribution is 5.81. The van der Waals surface area contributed by atoms with Crippen LogP contribution in [0.1, 0.15) is 31.9 Å². The van der Waals surface area contributed by atoms with E-state index in [1.165, 1.54) is 12.1 Å². The van der Waals surface area contributed by atoms with Gasteiger partial charge in [0.2, 0.25) is 0 Å². The fourth-order valence-corrected chi connectivity index (χ4v) is 2.40. The monoisotopic (exact) mass is 387 g/mol. The second-order valence-electron chi connectivity index (χ2n) is 7.32. The molecule has 7 nitrogen and oxygen atoms in total. The second-order valence-corrected chi connectivity index (χ2v) is 7.32. The molecule has 1 unspecified atom stereocenters. The first-order chi connectivity index (χ1) is 13.1. The van der Waals surface area contributed by atoms with Crippen LogP contribution >= 0.6 is 0 Å². The normalized spacial score (nSPS) is 12.1. The molecule has 28 heavy (non-hydrogen) atoms. The number of esters is 1. The lowest BCUT2D eigenvalue weighted by Gasteiger charge is -2.23. The first-order valence-electron chi connectivity index (χ1n) is 8.85. The highest BCUT2D eigenvalue weighted by Gasteiger charge is 2.26. The van der Waals surface area contributed by atoms with Crippen LogP contribution in [0.25, 0.3) is 0 Å². The van der Waals surface area contributed by atoms with Gasteiger partial charge in [-0.3, -0.25) is 0 Å². The Balaban J connectivity index is 2.10. The number of carbonyl (C=O) groups is 2. The molecule has 0 aliphatic rings. The minimum absolute atomic E-state index is 0.0563. The van der Waals surface area contributed by atoms with Crippen molar-refractivity contribution < 1.29 is 29.3 Å². The van der Waals surface area contributed by atoms with Crippen LogP contribution in [0.5, 0.6) is 11.5 Å². The number of benzene rings is 2. The third kappa shape index (κ3) is 6.83. The van der Waals surface area contributed by atoms with Gasteiger partial charge in [0.05, 0.1) is 0 Å². The summed E-state index contributed by atoms with van der Waals surface area (Å²) >= 11 is 0. The summed E-state index contributed by atoms with van der Waals surface area (Å²) in [6.07, 6.45) is -0.696. The molecule has 0 aliphatic heterocycles. The molecule has 2 aromatic carbocycles. The van der Waals surface area contributed by atoms with Gasteiger partial charge in [0.15, 0.2) is 11.5 Å². The van der Waals surface area contributed by atoms with Crippen molar-refractivity contribution in [3.63, 3.8) is 0 Å². The summed E-state index contributed by atoms with van der Waals surface area (Å²) in [5.74, 6) is -1.22. The molecule has 0 fully saturated rings. The Kier molecular flexibility index (Phi) is 6.87. The number of hydrogen-bond acceptors (Lipinski definition) is 6. The highest BCUT2D eigenvalue weighted by Crippen LogP contribution is 2.25. The van der Waals surface area contributed by atoms with Gasteiger partial charge in [0.1, 0.15) is 18.2 Å². The van der Waals surface area contributed by atoms with Crippen LogP contribution in [0.2, 0.25) is 0 Å². The van der Waals surface area contributed by atoms with E-state index in [2.05, 4.69) is 5.32 Å². The number of rotatable bonds is 6. The molecule has 3 N–H and O–H groups in total. The summed E-state index contributed by atoms with van der Waals surface area (Å²) in [5.41, 5.74) is 0.626. The Hall–Kier alpha value is -3.22. The van der Waals surface area contributed by atoms with Crippen LogP contribution in [0.4, 0.5) is 4.79 Å². The van der Waals surface area contributed by atoms with E-state index in [1.807, 2.05) is 30.3 Å². The Morgan fingerprint density at radius 1 is 1.00 bits per heavy atom. The molecule has 0 heterocycles. The van der Waals surface area contributed by atoms with Crippen molar-refractivity contribution in [1.29, 1.82) is 0 Å². The maximum atomic E-state index is 12.6. The van der Waals surface area contributed by atoms with Crippen LogP contribution in [0, 0.1) is 0 Å². The van der Waals surface area contributed by atoms with Crippen molar-refractivity contribution in [3.8, 4) is 11.5 Å². The van der Waals surface area contributed by atoms with E-state index in [1.54, 1.807) is 26.8 Å². The maximum absolute atomic E-state index is 12.6. The van der Waals surface area contributed by atoms with E-state index < -0.39 is 23.7 Å². The number of phenolic OH excluding ortho intramolecular Hbond substituents is 2. The first-order valence-corrected chi connectivity index (χ1v) is 8.85. The average Bonchev–Trinajstić information content (AvgIpc) is 2.61. The molecule has 0 bridgehead atoms. The summed E-state index contributed by atoms with van der Waals surface area (Å²) < 4.78 is 10.5. The number of nitrogens with one attached hydrogen (secondary N) is 1. The van der Waals surface area contributed by atoms with Crippen molar-refractivity contribution in [1.82, 2.24) is 5.32 Å². The van der Waals surface area contributed by atoms with Gasteiger partial charge < -0.3 is 25.0 Å². The predicted octanol–water partition coefficient (Wildman–Crippen LogP) is 3.28. The predicted molar refractivity (Wildman–Crippen MR) is 103 cm³/mol. The summed E-state index contributed by atoms with van der Waals surface area (Å²) in [5, 5.41) is 21.6. The summed E-state index contributed by atoms with van der Waals surface area (Å²) in [7, 11) is 0. The number of alkyl carbamates (subject to hydrolysis) is 1. The summed E-state index contributed by atoms with van der Waals surface area (Å²) in [6, 6.07) is 12.3. The van der Waals surface area contributed by atoms with E-state index in [9.17, 15) is 19.8 Å². The van der Waals surface area contributed by atoms with Gasteiger partial charge in [-0.05, 0) is 44.0 Å². The number of ether oxygens (including phenoxy) is 2. The Morgan fingerprint density at radius 2 is 1.68 bits per heavy atom. The van der Waals surface area contributed by atoms with E-state index in [0.29, 0.717) is 5.56 Å². The molecule has 0 radical (unpaired) electrons. The second kappa shape index (κ2) is 9.12. The fraction of sp³-hybridized carbons (Fsp3) is 0.333. The maximum Gasteiger partial charge on any atom is 0.408 e. The number of hydrogen-bond donors (Lipinski definition) is 3. The topological polar surface area (TPSA) is 105 Å². The molecular formula is C21H25NO6. The molecule has 0 aliphatic carbocycles. The number of amides is 1. The van der Waals surface area contributed by atoms with Crippen LogP contribution in [-0.2, 0) is 27.3 Å². The van der Waals surface area contributed by atoms with Crippen molar-refractivity contribution in [2.24, 2.45) is 0 Å². The molecule has 150 valence electrons. The van der Waals surface area contributed by atoms with Gasteiger partial charge in [0, 0.05) is 6.42 Å². The third-order valence-corrected chi connectivity index (χ3v) is 3.68. The number of aromatic hydroxyl groups is 2. The van der Waals surface area contributed by atoms with Crippen LogP contribution < -0.4 is 5.32 Å². The van der Waals surface area contributed by atoms with Crippen molar-refractivity contribution >= 4 is 12.1 Å². The number of phenols is 2. The minimum Gasteiger partial charge on any atom is -0.504 e. The van der Waals surface area contributed by atoms with E-state index in [0.717, 1.165) is 5.56 Å². The quantitative estimate of drug-likeness (QED) is 0.519. The van der Waals surface area contributed by atoms with Gasteiger partial charge >= 0.3 is 12.1 Å². The zero-order chi connectivity index (χ0) is 20.7. The lowest BCUT2D eigenvalue weighted by atomic mass is 10.1. The van der Waals surface area contributed by atoms with Gasteiger partial charge in [-0.15, -0.1) is 0 Å². The third-order valence-electron chi connectivity index (χ3n) is 3.68. The lowest BCUT2D eigenvalue weighted by molar-refractivity contribution is -0.147.